The SMILES string of the molecule is CC1(CCCCCCc2cc(CCCCC3(C)CC3)ccc2O)CC1. The smallest absolute Gasteiger partial charge is 0.118 e. The molecule has 140 valence electrons. The number of rotatable bonds is 12. The van der Waals surface area contributed by atoms with E-state index in [1.807, 2.05) is 6.07 Å². The Morgan fingerprint density at radius 3 is 1.96 bits per heavy atom. The molecule has 0 spiro atoms. The fourth-order valence-electron chi connectivity index (χ4n) is 4.02. The van der Waals surface area contributed by atoms with E-state index in [4.69, 9.17) is 0 Å². The molecule has 0 heterocycles. The molecule has 1 heteroatoms. The van der Waals surface area contributed by atoms with Gasteiger partial charge < -0.3 is 5.11 Å². The highest BCUT2D eigenvalue weighted by atomic mass is 16.3. The summed E-state index contributed by atoms with van der Waals surface area (Å²) in [7, 11) is 0. The van der Waals surface area contributed by atoms with Crippen LogP contribution in [0.1, 0.15) is 102 Å². The van der Waals surface area contributed by atoms with E-state index in [0.717, 1.165) is 6.42 Å². The first-order valence-corrected chi connectivity index (χ1v) is 10.8. The van der Waals surface area contributed by atoms with Gasteiger partial charge in [0.1, 0.15) is 5.75 Å². The Labute approximate surface area is 155 Å². The molecule has 2 aliphatic rings. The molecule has 2 saturated carbocycles. The van der Waals surface area contributed by atoms with Crippen molar-refractivity contribution in [3.63, 3.8) is 0 Å². The first kappa shape index (κ1) is 18.8. The van der Waals surface area contributed by atoms with Crippen LogP contribution in [0, 0.1) is 10.8 Å². The molecule has 1 aromatic carbocycles. The van der Waals surface area contributed by atoms with Crippen LogP contribution >= 0.6 is 0 Å². The lowest BCUT2D eigenvalue weighted by Crippen LogP contribution is -1.95. The van der Waals surface area contributed by atoms with Gasteiger partial charge in [-0.1, -0.05) is 51.7 Å². The summed E-state index contributed by atoms with van der Waals surface area (Å²) in [4.78, 5) is 0. The van der Waals surface area contributed by atoms with Gasteiger partial charge in [0, 0.05) is 0 Å². The Kier molecular flexibility index (Phi) is 6.12. The Hall–Kier alpha value is -0.980. The summed E-state index contributed by atoms with van der Waals surface area (Å²) in [6.45, 7) is 4.86. The molecule has 1 nitrogen and oxygen atoms in total. The Morgan fingerprint density at radius 2 is 1.32 bits per heavy atom. The third-order valence-corrected chi connectivity index (χ3v) is 6.82. The van der Waals surface area contributed by atoms with Crippen LogP contribution in [-0.2, 0) is 12.8 Å². The van der Waals surface area contributed by atoms with E-state index in [-0.39, 0.29) is 0 Å². The van der Waals surface area contributed by atoms with Gasteiger partial charge in [0.2, 0.25) is 0 Å². The Bertz CT molecular complexity index is 551. The van der Waals surface area contributed by atoms with Gasteiger partial charge in [-0.2, -0.15) is 0 Å². The summed E-state index contributed by atoms with van der Waals surface area (Å²) in [5.41, 5.74) is 3.98. The number of aromatic hydroxyl groups is 1. The van der Waals surface area contributed by atoms with E-state index < -0.39 is 0 Å². The monoisotopic (exact) mass is 342 g/mol. The van der Waals surface area contributed by atoms with Crippen LogP contribution in [0.15, 0.2) is 18.2 Å². The number of aryl methyl sites for hydroxylation is 2. The molecule has 0 aliphatic heterocycles. The number of benzene rings is 1. The van der Waals surface area contributed by atoms with E-state index in [1.165, 1.54) is 94.6 Å². The highest BCUT2D eigenvalue weighted by molar-refractivity contribution is 5.36. The maximum absolute atomic E-state index is 10.1. The molecule has 0 bridgehead atoms. The summed E-state index contributed by atoms with van der Waals surface area (Å²) in [5.74, 6) is 0.500. The van der Waals surface area contributed by atoms with Crippen LogP contribution in [0.2, 0.25) is 0 Å². The maximum atomic E-state index is 10.1. The largest absolute Gasteiger partial charge is 0.508 e. The van der Waals surface area contributed by atoms with Crippen LogP contribution in [0.3, 0.4) is 0 Å². The fourth-order valence-corrected chi connectivity index (χ4v) is 4.02. The second-order valence-corrected chi connectivity index (χ2v) is 9.71. The summed E-state index contributed by atoms with van der Waals surface area (Å²) in [6, 6.07) is 6.30. The van der Waals surface area contributed by atoms with E-state index in [9.17, 15) is 5.11 Å². The summed E-state index contributed by atoms with van der Waals surface area (Å²) in [6.07, 6.45) is 18.7. The third-order valence-electron chi connectivity index (χ3n) is 6.82. The quantitative estimate of drug-likeness (QED) is 0.398. The van der Waals surface area contributed by atoms with Gasteiger partial charge in [-0.05, 0) is 92.2 Å². The van der Waals surface area contributed by atoms with E-state index in [0.29, 0.717) is 16.6 Å². The molecule has 0 saturated heterocycles. The topological polar surface area (TPSA) is 20.2 Å². The van der Waals surface area contributed by atoms with Crippen molar-refractivity contribution in [1.29, 1.82) is 0 Å². The number of phenols is 1. The summed E-state index contributed by atoms with van der Waals surface area (Å²) in [5, 5.41) is 10.1. The second kappa shape index (κ2) is 8.14. The van der Waals surface area contributed by atoms with E-state index in [1.54, 1.807) is 0 Å². The molecule has 0 radical (unpaired) electrons. The predicted molar refractivity (Wildman–Crippen MR) is 107 cm³/mol. The van der Waals surface area contributed by atoms with Gasteiger partial charge in [0.05, 0.1) is 0 Å². The maximum Gasteiger partial charge on any atom is 0.118 e. The molecule has 2 aliphatic carbocycles. The molecule has 1 N–H and O–H groups in total. The fraction of sp³-hybridized carbons (Fsp3) is 0.750. The van der Waals surface area contributed by atoms with Crippen LogP contribution in [0.4, 0.5) is 0 Å². The van der Waals surface area contributed by atoms with Gasteiger partial charge in [0.15, 0.2) is 0 Å². The molecule has 0 atom stereocenters. The zero-order valence-corrected chi connectivity index (χ0v) is 16.6. The second-order valence-electron chi connectivity index (χ2n) is 9.71. The standard InChI is InChI=1S/C24H38O/c1-23(15-16-23)13-7-4-3-5-10-21-19-20(11-12-22(21)25)9-6-8-14-24(2)17-18-24/h11-12,19,25H,3-10,13-18H2,1-2H3. The van der Waals surface area contributed by atoms with Crippen molar-refractivity contribution in [3.05, 3.63) is 29.3 Å². The molecule has 1 aromatic rings. The molecule has 0 amide bonds. The zero-order chi connectivity index (χ0) is 17.8. The van der Waals surface area contributed by atoms with Crippen molar-refractivity contribution in [3.8, 4) is 5.75 Å². The third kappa shape index (κ3) is 6.35. The van der Waals surface area contributed by atoms with Crippen LogP contribution in [-0.4, -0.2) is 5.11 Å². The highest BCUT2D eigenvalue weighted by Crippen LogP contribution is 2.49. The lowest BCUT2D eigenvalue weighted by atomic mass is 9.96. The zero-order valence-electron chi connectivity index (χ0n) is 16.6. The van der Waals surface area contributed by atoms with Crippen LogP contribution < -0.4 is 0 Å². The molecule has 25 heavy (non-hydrogen) atoms. The van der Waals surface area contributed by atoms with Crippen LogP contribution in [0.25, 0.3) is 0 Å². The van der Waals surface area contributed by atoms with Gasteiger partial charge >= 0.3 is 0 Å². The number of hydrogen-bond acceptors (Lipinski definition) is 1. The molecular formula is C24H38O. The number of phenolic OH excluding ortho intramolecular Hbond substituents is 1. The summed E-state index contributed by atoms with van der Waals surface area (Å²) < 4.78 is 0. The molecule has 3 rings (SSSR count). The minimum absolute atomic E-state index is 0.500. The minimum Gasteiger partial charge on any atom is -0.508 e. The molecular weight excluding hydrogens is 304 g/mol. The van der Waals surface area contributed by atoms with E-state index >= 15 is 0 Å². The van der Waals surface area contributed by atoms with Gasteiger partial charge in [-0.15, -0.1) is 0 Å². The van der Waals surface area contributed by atoms with Gasteiger partial charge in [-0.3, -0.25) is 0 Å². The first-order valence-electron chi connectivity index (χ1n) is 10.8. The van der Waals surface area contributed by atoms with Crippen molar-refractivity contribution in [2.24, 2.45) is 10.8 Å². The van der Waals surface area contributed by atoms with E-state index in [2.05, 4.69) is 26.0 Å². The van der Waals surface area contributed by atoms with Gasteiger partial charge in [0.25, 0.3) is 0 Å². The lowest BCUT2D eigenvalue weighted by molar-refractivity contribution is 0.460. The molecule has 2 fully saturated rings. The van der Waals surface area contributed by atoms with Crippen molar-refractivity contribution in [1.82, 2.24) is 0 Å². The minimum atomic E-state index is 0.500. The Balaban J connectivity index is 1.32. The van der Waals surface area contributed by atoms with Crippen LogP contribution in [0.5, 0.6) is 5.75 Å². The van der Waals surface area contributed by atoms with Crippen molar-refractivity contribution < 1.29 is 5.11 Å². The highest BCUT2D eigenvalue weighted by Gasteiger charge is 2.36. The number of unbranched alkanes of at least 4 members (excludes halogenated alkanes) is 4. The van der Waals surface area contributed by atoms with Crippen molar-refractivity contribution in [2.45, 2.75) is 104 Å². The van der Waals surface area contributed by atoms with Crippen molar-refractivity contribution >= 4 is 0 Å². The molecule has 0 unspecified atom stereocenters. The average molecular weight is 343 g/mol. The Morgan fingerprint density at radius 1 is 0.760 bits per heavy atom. The van der Waals surface area contributed by atoms with Gasteiger partial charge in [-0.25, -0.2) is 0 Å². The van der Waals surface area contributed by atoms with Crippen molar-refractivity contribution in [2.75, 3.05) is 0 Å². The predicted octanol–water partition coefficient (Wildman–Crippen LogP) is 7.20. The normalized spacial score (nSPS) is 19.8. The number of hydrogen-bond donors (Lipinski definition) is 1. The average Bonchev–Trinajstić information content (AvgIpc) is 3.50. The molecule has 0 aromatic heterocycles. The first-order chi connectivity index (χ1) is 12.0. The summed E-state index contributed by atoms with van der Waals surface area (Å²) >= 11 is 0. The lowest BCUT2D eigenvalue weighted by Gasteiger charge is -2.10.